The minimum absolute atomic E-state index is 0.0971. The number of nitrogens with zero attached hydrogens (tertiary/aromatic N) is 1. The van der Waals surface area contributed by atoms with Crippen molar-refractivity contribution in [1.82, 2.24) is 10.3 Å². The van der Waals surface area contributed by atoms with E-state index in [9.17, 15) is 14.7 Å². The Morgan fingerprint density at radius 2 is 1.96 bits per heavy atom. The molecule has 25 heavy (non-hydrogen) atoms. The number of nitrogens with one attached hydrogen (secondary N) is 1. The molecule has 1 aromatic carbocycles. The van der Waals surface area contributed by atoms with Gasteiger partial charge in [-0.15, -0.1) is 11.3 Å². The largest absolute Gasteiger partial charge is 0.480 e. The van der Waals surface area contributed by atoms with Gasteiger partial charge in [0.05, 0.1) is 12.1 Å². The molecule has 6 heteroatoms. The molecule has 1 amide bonds. The highest BCUT2D eigenvalue weighted by Crippen LogP contribution is 2.24. The van der Waals surface area contributed by atoms with Crippen LogP contribution in [0.3, 0.4) is 0 Å². The third kappa shape index (κ3) is 5.98. The van der Waals surface area contributed by atoms with Crippen LogP contribution in [-0.4, -0.2) is 28.0 Å². The molecule has 0 saturated heterocycles. The lowest BCUT2D eigenvalue weighted by Crippen LogP contribution is -2.41. The monoisotopic (exact) mass is 360 g/mol. The SMILES string of the molecule is CCCCCC(NC(=O)Cc1csc(-c2ccc(C)cc2)n1)C(=O)O. The number of carboxylic acid groups (broad SMARTS) is 1. The summed E-state index contributed by atoms with van der Waals surface area (Å²) in [6.07, 6.45) is 3.33. The highest BCUT2D eigenvalue weighted by Gasteiger charge is 2.20. The van der Waals surface area contributed by atoms with Gasteiger partial charge in [-0.05, 0) is 13.3 Å². The maximum Gasteiger partial charge on any atom is 0.326 e. The number of carboxylic acids is 1. The molecular formula is C19H24N2O3S. The van der Waals surface area contributed by atoms with Crippen LogP contribution < -0.4 is 5.32 Å². The lowest BCUT2D eigenvalue weighted by Gasteiger charge is -2.13. The molecule has 1 heterocycles. The molecule has 0 aliphatic rings. The van der Waals surface area contributed by atoms with Crippen LogP contribution in [0.15, 0.2) is 29.6 Å². The average molecular weight is 360 g/mol. The van der Waals surface area contributed by atoms with E-state index in [1.807, 2.05) is 36.6 Å². The predicted molar refractivity (Wildman–Crippen MR) is 99.7 cm³/mol. The van der Waals surface area contributed by atoms with Crippen LogP contribution in [0.1, 0.15) is 43.9 Å². The molecule has 134 valence electrons. The summed E-state index contributed by atoms with van der Waals surface area (Å²) >= 11 is 1.49. The van der Waals surface area contributed by atoms with Crippen molar-refractivity contribution in [2.75, 3.05) is 0 Å². The minimum atomic E-state index is -0.983. The zero-order chi connectivity index (χ0) is 18.2. The fraction of sp³-hybridized carbons (Fsp3) is 0.421. The number of hydrogen-bond donors (Lipinski definition) is 2. The molecule has 0 aliphatic carbocycles. The molecule has 2 aromatic rings. The van der Waals surface area contributed by atoms with Crippen molar-refractivity contribution < 1.29 is 14.7 Å². The van der Waals surface area contributed by atoms with Crippen LogP contribution in [-0.2, 0) is 16.0 Å². The second kappa shape index (κ2) is 9.32. The molecule has 0 spiro atoms. The topological polar surface area (TPSA) is 79.3 Å². The van der Waals surface area contributed by atoms with Crippen LogP contribution in [0.4, 0.5) is 0 Å². The van der Waals surface area contributed by atoms with Crippen molar-refractivity contribution >= 4 is 23.2 Å². The first kappa shape index (κ1) is 19.1. The van der Waals surface area contributed by atoms with Crippen LogP contribution in [0.2, 0.25) is 0 Å². The summed E-state index contributed by atoms with van der Waals surface area (Å²) in [5.41, 5.74) is 2.86. The van der Waals surface area contributed by atoms with E-state index in [2.05, 4.69) is 17.2 Å². The van der Waals surface area contributed by atoms with Gasteiger partial charge in [0.25, 0.3) is 0 Å². The van der Waals surface area contributed by atoms with Gasteiger partial charge in [0.2, 0.25) is 5.91 Å². The van der Waals surface area contributed by atoms with Crippen LogP contribution >= 0.6 is 11.3 Å². The Bertz CT molecular complexity index is 710. The number of unbranched alkanes of at least 4 members (excludes halogenated alkanes) is 2. The van der Waals surface area contributed by atoms with Gasteiger partial charge >= 0.3 is 5.97 Å². The van der Waals surface area contributed by atoms with Gasteiger partial charge in [-0.1, -0.05) is 56.0 Å². The summed E-state index contributed by atoms with van der Waals surface area (Å²) in [5, 5.41) is 14.6. The number of aryl methyl sites for hydroxylation is 1. The average Bonchev–Trinajstić information content (AvgIpc) is 3.03. The van der Waals surface area contributed by atoms with Gasteiger partial charge in [0, 0.05) is 10.9 Å². The molecular weight excluding hydrogens is 336 g/mol. The van der Waals surface area contributed by atoms with E-state index < -0.39 is 12.0 Å². The molecule has 0 aliphatic heterocycles. The molecule has 0 saturated carbocycles. The first-order valence-corrected chi connectivity index (χ1v) is 9.41. The summed E-state index contributed by atoms with van der Waals surface area (Å²) in [5.74, 6) is -1.28. The lowest BCUT2D eigenvalue weighted by molar-refractivity contribution is -0.142. The predicted octanol–water partition coefficient (Wildman–Crippen LogP) is 3.81. The van der Waals surface area contributed by atoms with Crippen molar-refractivity contribution in [1.29, 1.82) is 0 Å². The number of carbonyl (C=O) groups is 2. The van der Waals surface area contributed by atoms with Crippen LogP contribution in [0, 0.1) is 6.92 Å². The molecule has 0 fully saturated rings. The third-order valence-corrected chi connectivity index (χ3v) is 4.86. The van der Waals surface area contributed by atoms with Crippen LogP contribution in [0.5, 0.6) is 0 Å². The normalized spacial score (nSPS) is 11.9. The van der Waals surface area contributed by atoms with E-state index in [0.29, 0.717) is 12.1 Å². The van der Waals surface area contributed by atoms with Gasteiger partial charge in [-0.2, -0.15) is 0 Å². The van der Waals surface area contributed by atoms with Gasteiger partial charge in [-0.25, -0.2) is 9.78 Å². The minimum Gasteiger partial charge on any atom is -0.480 e. The summed E-state index contributed by atoms with van der Waals surface area (Å²) in [6, 6.07) is 7.24. The summed E-state index contributed by atoms with van der Waals surface area (Å²) in [6.45, 7) is 4.09. The van der Waals surface area contributed by atoms with Crippen molar-refractivity contribution in [2.45, 2.75) is 52.0 Å². The number of hydrogen-bond acceptors (Lipinski definition) is 4. The van der Waals surface area contributed by atoms with Gasteiger partial charge < -0.3 is 10.4 Å². The Labute approximate surface area is 152 Å². The third-order valence-electron chi connectivity index (χ3n) is 3.92. The summed E-state index contributed by atoms with van der Waals surface area (Å²) in [4.78, 5) is 27.9. The van der Waals surface area contributed by atoms with Gasteiger partial charge in [-0.3, -0.25) is 4.79 Å². The zero-order valence-electron chi connectivity index (χ0n) is 14.6. The molecule has 0 radical (unpaired) electrons. The smallest absolute Gasteiger partial charge is 0.326 e. The number of thiazole rings is 1. The molecule has 1 atom stereocenters. The van der Waals surface area contributed by atoms with Crippen molar-refractivity contribution in [3.05, 3.63) is 40.9 Å². The standard InChI is InChI=1S/C19H24N2O3S/c1-3-4-5-6-16(19(23)24)21-17(22)11-15-12-25-18(20-15)14-9-7-13(2)8-10-14/h7-10,12,16H,3-6,11H2,1-2H3,(H,21,22)(H,23,24). The Kier molecular flexibility index (Phi) is 7.13. The van der Waals surface area contributed by atoms with E-state index in [0.717, 1.165) is 29.8 Å². The second-order valence-electron chi connectivity index (χ2n) is 6.14. The molecule has 5 nitrogen and oxygen atoms in total. The quantitative estimate of drug-likeness (QED) is 0.667. The first-order chi connectivity index (χ1) is 12.0. The molecule has 1 aromatic heterocycles. The summed E-state index contributed by atoms with van der Waals surface area (Å²) < 4.78 is 0. The first-order valence-electron chi connectivity index (χ1n) is 8.53. The van der Waals surface area contributed by atoms with E-state index in [1.54, 1.807) is 0 Å². The number of carbonyl (C=O) groups excluding carboxylic acids is 1. The van der Waals surface area contributed by atoms with Gasteiger partial charge in [0.15, 0.2) is 0 Å². The number of aliphatic carboxylic acids is 1. The maximum atomic E-state index is 12.1. The number of amides is 1. The van der Waals surface area contributed by atoms with Crippen LogP contribution in [0.25, 0.3) is 10.6 Å². The molecule has 2 N–H and O–H groups in total. The van der Waals surface area contributed by atoms with E-state index >= 15 is 0 Å². The lowest BCUT2D eigenvalue weighted by atomic mass is 10.1. The number of benzene rings is 1. The van der Waals surface area contributed by atoms with E-state index in [4.69, 9.17) is 0 Å². The molecule has 2 rings (SSSR count). The van der Waals surface area contributed by atoms with E-state index in [-0.39, 0.29) is 12.3 Å². The fourth-order valence-corrected chi connectivity index (χ4v) is 3.31. The second-order valence-corrected chi connectivity index (χ2v) is 7.00. The fourth-order valence-electron chi connectivity index (χ4n) is 2.48. The van der Waals surface area contributed by atoms with Gasteiger partial charge in [0.1, 0.15) is 11.0 Å². The Balaban J connectivity index is 1.93. The Hall–Kier alpha value is -2.21. The highest BCUT2D eigenvalue weighted by molar-refractivity contribution is 7.13. The van der Waals surface area contributed by atoms with Crippen molar-refractivity contribution in [3.63, 3.8) is 0 Å². The number of rotatable bonds is 9. The highest BCUT2D eigenvalue weighted by atomic mass is 32.1. The number of aromatic nitrogens is 1. The molecule has 1 unspecified atom stereocenters. The summed E-state index contributed by atoms with van der Waals surface area (Å²) in [7, 11) is 0. The van der Waals surface area contributed by atoms with E-state index in [1.165, 1.54) is 16.9 Å². The zero-order valence-corrected chi connectivity index (χ0v) is 15.4. The van der Waals surface area contributed by atoms with Crippen molar-refractivity contribution in [2.24, 2.45) is 0 Å². The van der Waals surface area contributed by atoms with Crippen molar-refractivity contribution in [3.8, 4) is 10.6 Å². The Morgan fingerprint density at radius 1 is 1.24 bits per heavy atom. The maximum absolute atomic E-state index is 12.1. The Morgan fingerprint density at radius 3 is 2.60 bits per heavy atom. The molecule has 0 bridgehead atoms.